The summed E-state index contributed by atoms with van der Waals surface area (Å²) in [6.45, 7) is 3.59. The van der Waals surface area contributed by atoms with E-state index in [9.17, 15) is 18.0 Å². The highest BCUT2D eigenvalue weighted by molar-refractivity contribution is 5.59. The first kappa shape index (κ1) is 13.3. The lowest BCUT2D eigenvalue weighted by atomic mass is 10.1. The van der Waals surface area contributed by atoms with E-state index in [0.29, 0.717) is 18.0 Å². The molecular formula is C13H11F3N2O. The van der Waals surface area contributed by atoms with Crippen LogP contribution in [0.1, 0.15) is 25.6 Å². The Bertz CT molecular complexity index is 680. The van der Waals surface area contributed by atoms with Gasteiger partial charge in [-0.3, -0.25) is 4.79 Å². The minimum Gasteiger partial charge on any atom is -0.310 e. The third kappa shape index (κ3) is 2.67. The molecule has 2 aromatic rings. The molecule has 0 atom stereocenters. The summed E-state index contributed by atoms with van der Waals surface area (Å²) in [5, 5.41) is 0. The average molecular weight is 268 g/mol. The third-order valence-electron chi connectivity index (χ3n) is 2.59. The Morgan fingerprint density at radius 1 is 1.05 bits per heavy atom. The van der Waals surface area contributed by atoms with E-state index >= 15 is 0 Å². The van der Waals surface area contributed by atoms with Crippen molar-refractivity contribution < 1.29 is 13.2 Å². The third-order valence-corrected chi connectivity index (χ3v) is 2.59. The van der Waals surface area contributed by atoms with Gasteiger partial charge in [-0.05, 0) is 6.07 Å². The zero-order valence-corrected chi connectivity index (χ0v) is 10.3. The summed E-state index contributed by atoms with van der Waals surface area (Å²) in [5.74, 6) is -3.17. The largest absolute Gasteiger partial charge is 0.310 e. The number of rotatable bonds is 2. The Hall–Kier alpha value is -2.11. The fourth-order valence-corrected chi connectivity index (χ4v) is 1.61. The van der Waals surface area contributed by atoms with Gasteiger partial charge >= 0.3 is 0 Å². The number of aromatic nitrogens is 2. The summed E-state index contributed by atoms with van der Waals surface area (Å²) < 4.78 is 39.6. The van der Waals surface area contributed by atoms with Crippen LogP contribution in [0, 0.1) is 17.5 Å². The van der Waals surface area contributed by atoms with Gasteiger partial charge in [-0.25, -0.2) is 18.2 Å². The normalized spacial score (nSPS) is 11.1. The Morgan fingerprint density at radius 2 is 1.68 bits per heavy atom. The van der Waals surface area contributed by atoms with E-state index in [4.69, 9.17) is 0 Å². The maximum absolute atomic E-state index is 13.6. The Kier molecular flexibility index (Phi) is 3.42. The molecule has 0 bridgehead atoms. The second-order valence-electron chi connectivity index (χ2n) is 4.42. The van der Waals surface area contributed by atoms with Crippen LogP contribution >= 0.6 is 0 Å². The number of hydrogen-bond donors (Lipinski definition) is 1. The molecule has 0 aliphatic heterocycles. The zero-order chi connectivity index (χ0) is 14.2. The maximum atomic E-state index is 13.6. The van der Waals surface area contributed by atoms with Gasteiger partial charge in [0, 0.05) is 23.6 Å². The maximum Gasteiger partial charge on any atom is 0.251 e. The first-order chi connectivity index (χ1) is 8.88. The van der Waals surface area contributed by atoms with Crippen LogP contribution in [0.3, 0.4) is 0 Å². The molecule has 0 spiro atoms. The van der Waals surface area contributed by atoms with Gasteiger partial charge in [0.15, 0.2) is 11.6 Å². The lowest BCUT2D eigenvalue weighted by Crippen LogP contribution is -2.12. The summed E-state index contributed by atoms with van der Waals surface area (Å²) >= 11 is 0. The molecule has 3 nitrogen and oxygen atoms in total. The van der Waals surface area contributed by atoms with Crippen LogP contribution in [-0.2, 0) is 0 Å². The number of aromatic amines is 1. The van der Waals surface area contributed by atoms with Crippen LogP contribution in [0.15, 0.2) is 23.0 Å². The molecule has 100 valence electrons. The van der Waals surface area contributed by atoms with Crippen molar-refractivity contribution in [3.05, 3.63) is 51.8 Å². The van der Waals surface area contributed by atoms with Gasteiger partial charge in [0.25, 0.3) is 5.56 Å². The smallest absolute Gasteiger partial charge is 0.251 e. The van der Waals surface area contributed by atoms with Crippen molar-refractivity contribution >= 4 is 0 Å². The fourth-order valence-electron chi connectivity index (χ4n) is 1.61. The highest BCUT2D eigenvalue weighted by atomic mass is 19.2. The second kappa shape index (κ2) is 4.87. The molecule has 2 rings (SSSR count). The number of halogens is 3. The van der Waals surface area contributed by atoms with E-state index in [1.54, 1.807) is 13.8 Å². The van der Waals surface area contributed by atoms with Crippen LogP contribution in [-0.4, -0.2) is 9.97 Å². The van der Waals surface area contributed by atoms with E-state index in [-0.39, 0.29) is 17.2 Å². The molecule has 1 aromatic carbocycles. The van der Waals surface area contributed by atoms with Gasteiger partial charge in [0.05, 0.1) is 5.69 Å². The van der Waals surface area contributed by atoms with Crippen molar-refractivity contribution in [2.75, 3.05) is 0 Å². The molecule has 0 aliphatic rings. The van der Waals surface area contributed by atoms with Gasteiger partial charge in [-0.2, -0.15) is 0 Å². The van der Waals surface area contributed by atoms with Gasteiger partial charge in [0.2, 0.25) is 0 Å². The topological polar surface area (TPSA) is 45.8 Å². The summed E-state index contributed by atoms with van der Waals surface area (Å²) in [5.41, 5.74) is -0.742. The molecule has 0 fully saturated rings. The average Bonchev–Trinajstić information content (AvgIpc) is 2.33. The highest BCUT2D eigenvalue weighted by Gasteiger charge is 2.14. The molecule has 1 N–H and O–H groups in total. The molecule has 0 amide bonds. The first-order valence-corrected chi connectivity index (χ1v) is 5.64. The van der Waals surface area contributed by atoms with Crippen molar-refractivity contribution in [3.8, 4) is 11.3 Å². The van der Waals surface area contributed by atoms with Crippen molar-refractivity contribution in [2.45, 2.75) is 19.8 Å². The molecule has 0 radical (unpaired) electrons. The van der Waals surface area contributed by atoms with Crippen molar-refractivity contribution in [1.29, 1.82) is 0 Å². The van der Waals surface area contributed by atoms with E-state index in [2.05, 4.69) is 9.97 Å². The second-order valence-corrected chi connectivity index (χ2v) is 4.42. The van der Waals surface area contributed by atoms with Crippen LogP contribution in [0.25, 0.3) is 11.3 Å². The minimum absolute atomic E-state index is 0.0242. The van der Waals surface area contributed by atoms with Crippen LogP contribution in [0.5, 0.6) is 0 Å². The molecule has 19 heavy (non-hydrogen) atoms. The van der Waals surface area contributed by atoms with Gasteiger partial charge in [-0.1, -0.05) is 13.8 Å². The number of hydrogen-bond acceptors (Lipinski definition) is 2. The molecule has 0 aliphatic carbocycles. The van der Waals surface area contributed by atoms with Crippen LogP contribution in [0.2, 0.25) is 0 Å². The highest BCUT2D eigenvalue weighted by Crippen LogP contribution is 2.23. The number of nitrogens with zero attached hydrogens (tertiary/aromatic N) is 1. The number of benzene rings is 1. The predicted molar refractivity (Wildman–Crippen MR) is 64.3 cm³/mol. The van der Waals surface area contributed by atoms with E-state index < -0.39 is 23.0 Å². The quantitative estimate of drug-likeness (QED) is 0.851. The van der Waals surface area contributed by atoms with Gasteiger partial charge < -0.3 is 4.98 Å². The predicted octanol–water partition coefficient (Wildman–Crippen LogP) is 2.98. The SMILES string of the molecule is CC(C)c1nc(-c2cc(F)c(F)cc2F)cc(=O)[nH]1. The molecule has 1 aromatic heterocycles. The Morgan fingerprint density at radius 3 is 2.32 bits per heavy atom. The molecule has 6 heteroatoms. The molecule has 0 saturated heterocycles. The minimum atomic E-state index is -1.28. The molecule has 0 unspecified atom stereocenters. The standard InChI is InChI=1S/C13H11F3N2O/c1-6(2)13-17-11(5-12(19)18-13)7-3-9(15)10(16)4-8(7)14/h3-6H,1-2H3,(H,17,18,19). The first-order valence-electron chi connectivity index (χ1n) is 5.64. The summed E-state index contributed by atoms with van der Waals surface area (Å²) in [4.78, 5) is 18.0. The van der Waals surface area contributed by atoms with E-state index in [1.807, 2.05) is 0 Å². The zero-order valence-electron chi connectivity index (χ0n) is 10.3. The monoisotopic (exact) mass is 268 g/mol. The van der Waals surface area contributed by atoms with E-state index in [1.165, 1.54) is 0 Å². The lowest BCUT2D eigenvalue weighted by molar-refractivity contribution is 0.496. The van der Waals surface area contributed by atoms with Crippen LogP contribution < -0.4 is 5.56 Å². The van der Waals surface area contributed by atoms with Crippen molar-refractivity contribution in [3.63, 3.8) is 0 Å². The van der Waals surface area contributed by atoms with Crippen molar-refractivity contribution in [2.24, 2.45) is 0 Å². The van der Waals surface area contributed by atoms with Crippen molar-refractivity contribution in [1.82, 2.24) is 9.97 Å². The Balaban J connectivity index is 2.65. The summed E-state index contributed by atoms with van der Waals surface area (Å²) in [6.07, 6.45) is 0. The number of H-pyrrole nitrogens is 1. The molecule has 1 heterocycles. The van der Waals surface area contributed by atoms with Gasteiger partial charge in [-0.15, -0.1) is 0 Å². The summed E-state index contributed by atoms with van der Waals surface area (Å²) in [7, 11) is 0. The molecule has 0 saturated carbocycles. The fraction of sp³-hybridized carbons (Fsp3) is 0.231. The van der Waals surface area contributed by atoms with E-state index in [0.717, 1.165) is 6.07 Å². The van der Waals surface area contributed by atoms with Crippen LogP contribution in [0.4, 0.5) is 13.2 Å². The molecular weight excluding hydrogens is 257 g/mol. The van der Waals surface area contributed by atoms with Gasteiger partial charge in [0.1, 0.15) is 11.6 Å². The lowest BCUT2D eigenvalue weighted by Gasteiger charge is -2.08. The summed E-state index contributed by atoms with van der Waals surface area (Å²) in [6, 6.07) is 2.17. The Labute approximate surface area is 107 Å². The number of nitrogens with one attached hydrogen (secondary N) is 1.